The van der Waals surface area contributed by atoms with Gasteiger partial charge in [-0.25, -0.2) is 0 Å². The molecule has 0 rings (SSSR count). The van der Waals surface area contributed by atoms with Crippen LogP contribution in [0, 0.1) is 5.41 Å². The molecule has 0 aliphatic heterocycles. The minimum Gasteiger partial charge on any atom is -0.327 e. The lowest BCUT2D eigenvalue weighted by Gasteiger charge is -2.30. The second-order valence-electron chi connectivity index (χ2n) is 5.15. The summed E-state index contributed by atoms with van der Waals surface area (Å²) in [4.78, 5) is 0. The molecule has 1 atom stereocenters. The van der Waals surface area contributed by atoms with Crippen LogP contribution in [0.5, 0.6) is 0 Å². The Kier molecular flexibility index (Phi) is 7.26. The highest BCUT2D eigenvalue weighted by molar-refractivity contribution is 4.79. The Labute approximate surface area is 90.5 Å². The van der Waals surface area contributed by atoms with E-state index in [9.17, 15) is 0 Å². The summed E-state index contributed by atoms with van der Waals surface area (Å²) in [7, 11) is 0. The van der Waals surface area contributed by atoms with Gasteiger partial charge in [-0.3, -0.25) is 0 Å². The largest absolute Gasteiger partial charge is 0.327 e. The first-order chi connectivity index (χ1) is 6.54. The van der Waals surface area contributed by atoms with Gasteiger partial charge in [0.1, 0.15) is 0 Å². The first-order valence-electron chi connectivity index (χ1n) is 6.30. The molecule has 0 aromatic carbocycles. The molecule has 0 fully saturated rings. The lowest BCUT2D eigenvalue weighted by molar-refractivity contribution is 0.257. The van der Waals surface area contributed by atoms with E-state index in [0.717, 1.165) is 0 Å². The maximum Gasteiger partial charge on any atom is 0.00901 e. The summed E-state index contributed by atoms with van der Waals surface area (Å²) < 4.78 is 0. The van der Waals surface area contributed by atoms with Gasteiger partial charge in [0.25, 0.3) is 0 Å². The molecule has 2 N–H and O–H groups in total. The quantitative estimate of drug-likeness (QED) is 0.585. The lowest BCUT2D eigenvalue weighted by Crippen LogP contribution is -2.36. The molecule has 1 unspecified atom stereocenters. The highest BCUT2D eigenvalue weighted by Gasteiger charge is 2.23. The van der Waals surface area contributed by atoms with E-state index in [0.29, 0.717) is 11.5 Å². The van der Waals surface area contributed by atoms with Crippen LogP contribution >= 0.6 is 0 Å². The number of hydrogen-bond donors (Lipinski definition) is 1. The first-order valence-corrected chi connectivity index (χ1v) is 6.30. The van der Waals surface area contributed by atoms with Crippen molar-refractivity contribution in [2.24, 2.45) is 11.1 Å². The van der Waals surface area contributed by atoms with Crippen LogP contribution in [-0.2, 0) is 0 Å². The molecule has 0 spiro atoms. The van der Waals surface area contributed by atoms with Crippen molar-refractivity contribution >= 4 is 0 Å². The van der Waals surface area contributed by atoms with Gasteiger partial charge in [-0.05, 0) is 18.3 Å². The van der Waals surface area contributed by atoms with Gasteiger partial charge >= 0.3 is 0 Å². The molecule has 0 aromatic heterocycles. The topological polar surface area (TPSA) is 26.0 Å². The van der Waals surface area contributed by atoms with Gasteiger partial charge in [0.05, 0.1) is 0 Å². The SMILES string of the molecule is CCCCCCCC(N)C(C)(C)CC. The average molecular weight is 199 g/mol. The van der Waals surface area contributed by atoms with E-state index in [2.05, 4.69) is 27.7 Å². The van der Waals surface area contributed by atoms with E-state index in [1.165, 1.54) is 44.9 Å². The Hall–Kier alpha value is -0.0400. The highest BCUT2D eigenvalue weighted by Crippen LogP contribution is 2.26. The molecule has 86 valence electrons. The summed E-state index contributed by atoms with van der Waals surface area (Å²) in [6, 6.07) is 0.383. The fourth-order valence-corrected chi connectivity index (χ4v) is 1.62. The minimum absolute atomic E-state index is 0.324. The van der Waals surface area contributed by atoms with Gasteiger partial charge in [-0.15, -0.1) is 0 Å². The first kappa shape index (κ1) is 14.0. The van der Waals surface area contributed by atoms with E-state index < -0.39 is 0 Å². The second-order valence-corrected chi connectivity index (χ2v) is 5.15. The van der Waals surface area contributed by atoms with Crippen molar-refractivity contribution in [3.63, 3.8) is 0 Å². The van der Waals surface area contributed by atoms with Gasteiger partial charge in [0.15, 0.2) is 0 Å². The second kappa shape index (κ2) is 7.28. The van der Waals surface area contributed by atoms with Crippen LogP contribution in [0.1, 0.15) is 72.6 Å². The Balaban J connectivity index is 3.48. The number of rotatable bonds is 8. The molecule has 0 bridgehead atoms. The summed E-state index contributed by atoms with van der Waals surface area (Å²) in [6.45, 7) is 9.05. The van der Waals surface area contributed by atoms with Crippen molar-refractivity contribution in [3.05, 3.63) is 0 Å². The Morgan fingerprint density at radius 2 is 1.57 bits per heavy atom. The summed E-state index contributed by atoms with van der Waals surface area (Å²) in [5.74, 6) is 0. The third kappa shape index (κ3) is 5.64. The maximum absolute atomic E-state index is 6.18. The summed E-state index contributed by atoms with van der Waals surface area (Å²) in [5, 5.41) is 0. The molecule has 0 aliphatic carbocycles. The van der Waals surface area contributed by atoms with E-state index in [-0.39, 0.29) is 0 Å². The van der Waals surface area contributed by atoms with Crippen molar-refractivity contribution in [3.8, 4) is 0 Å². The zero-order valence-electron chi connectivity index (χ0n) is 10.6. The van der Waals surface area contributed by atoms with Gasteiger partial charge in [-0.1, -0.05) is 59.8 Å². The number of unbranched alkanes of at least 4 members (excludes halogenated alkanes) is 4. The predicted molar refractivity (Wildman–Crippen MR) is 65.4 cm³/mol. The molecule has 0 aromatic rings. The lowest BCUT2D eigenvalue weighted by atomic mass is 9.80. The molecule has 0 radical (unpaired) electrons. The van der Waals surface area contributed by atoms with Crippen molar-refractivity contribution in [1.29, 1.82) is 0 Å². The smallest absolute Gasteiger partial charge is 0.00901 e. The van der Waals surface area contributed by atoms with Crippen LogP contribution in [0.4, 0.5) is 0 Å². The van der Waals surface area contributed by atoms with Gasteiger partial charge in [0.2, 0.25) is 0 Å². The third-order valence-electron chi connectivity index (χ3n) is 3.53. The van der Waals surface area contributed by atoms with Crippen LogP contribution < -0.4 is 5.73 Å². The van der Waals surface area contributed by atoms with Gasteiger partial charge in [-0.2, -0.15) is 0 Å². The fourth-order valence-electron chi connectivity index (χ4n) is 1.62. The monoisotopic (exact) mass is 199 g/mol. The number of nitrogens with two attached hydrogens (primary N) is 1. The van der Waals surface area contributed by atoms with Crippen LogP contribution in [-0.4, -0.2) is 6.04 Å². The molecule has 0 aliphatic rings. The van der Waals surface area contributed by atoms with Gasteiger partial charge in [0, 0.05) is 6.04 Å². The minimum atomic E-state index is 0.324. The summed E-state index contributed by atoms with van der Waals surface area (Å²) >= 11 is 0. The van der Waals surface area contributed by atoms with Crippen LogP contribution in [0.15, 0.2) is 0 Å². The van der Waals surface area contributed by atoms with Crippen LogP contribution in [0.2, 0.25) is 0 Å². The van der Waals surface area contributed by atoms with E-state index in [1.54, 1.807) is 0 Å². The molecule has 1 nitrogen and oxygen atoms in total. The Morgan fingerprint density at radius 3 is 2.07 bits per heavy atom. The normalized spacial score (nSPS) is 14.4. The molecular formula is C13H29N. The summed E-state index contributed by atoms with van der Waals surface area (Å²) in [5.41, 5.74) is 6.50. The molecule has 0 saturated heterocycles. The average Bonchev–Trinajstić information content (AvgIpc) is 2.17. The fraction of sp³-hybridized carbons (Fsp3) is 1.00. The maximum atomic E-state index is 6.18. The zero-order chi connectivity index (χ0) is 11.0. The summed E-state index contributed by atoms with van der Waals surface area (Å²) in [6.07, 6.45) is 9.15. The molecule has 0 heterocycles. The molecule has 14 heavy (non-hydrogen) atoms. The Morgan fingerprint density at radius 1 is 1.00 bits per heavy atom. The standard InChI is InChI=1S/C13H29N/c1-5-7-8-9-10-11-12(14)13(3,4)6-2/h12H,5-11,14H2,1-4H3. The molecule has 1 heteroatoms. The van der Waals surface area contributed by atoms with E-state index in [4.69, 9.17) is 5.73 Å². The Bertz CT molecular complexity index is 129. The van der Waals surface area contributed by atoms with Crippen LogP contribution in [0.25, 0.3) is 0 Å². The molecule has 0 saturated carbocycles. The molecular weight excluding hydrogens is 170 g/mol. The van der Waals surface area contributed by atoms with E-state index >= 15 is 0 Å². The number of hydrogen-bond acceptors (Lipinski definition) is 1. The van der Waals surface area contributed by atoms with Gasteiger partial charge < -0.3 is 5.73 Å². The molecule has 0 amide bonds. The van der Waals surface area contributed by atoms with Crippen molar-refractivity contribution in [2.45, 2.75) is 78.7 Å². The predicted octanol–water partition coefficient (Wildman–Crippen LogP) is 4.11. The highest BCUT2D eigenvalue weighted by atomic mass is 14.7. The van der Waals surface area contributed by atoms with Crippen molar-refractivity contribution in [1.82, 2.24) is 0 Å². The zero-order valence-corrected chi connectivity index (χ0v) is 10.6. The third-order valence-corrected chi connectivity index (χ3v) is 3.53. The van der Waals surface area contributed by atoms with Crippen molar-refractivity contribution < 1.29 is 0 Å². The van der Waals surface area contributed by atoms with Crippen LogP contribution in [0.3, 0.4) is 0 Å². The van der Waals surface area contributed by atoms with E-state index in [1.807, 2.05) is 0 Å². The van der Waals surface area contributed by atoms with Crippen molar-refractivity contribution in [2.75, 3.05) is 0 Å².